The van der Waals surface area contributed by atoms with E-state index in [0.717, 1.165) is 5.69 Å². The van der Waals surface area contributed by atoms with Crippen LogP contribution in [0.4, 0.5) is 5.69 Å². The minimum atomic E-state index is -3.89. The highest BCUT2D eigenvalue weighted by Crippen LogP contribution is 2.29. The lowest BCUT2D eigenvalue weighted by Gasteiger charge is -2.27. The highest BCUT2D eigenvalue weighted by molar-refractivity contribution is 7.92. The van der Waals surface area contributed by atoms with Crippen molar-refractivity contribution in [2.45, 2.75) is 18.4 Å². The molecule has 1 saturated heterocycles. The minimum absolute atomic E-state index is 0.0145. The first kappa shape index (κ1) is 21.8. The molecule has 3 heterocycles. The monoisotopic (exact) mass is 480 g/mol. The van der Waals surface area contributed by atoms with Gasteiger partial charge in [0.1, 0.15) is 16.4 Å². The third kappa shape index (κ3) is 5.09. The summed E-state index contributed by atoms with van der Waals surface area (Å²) in [5.41, 5.74) is 1.76. The molecule has 1 aliphatic rings. The number of aryl methyl sites for hydroxylation is 1. The van der Waals surface area contributed by atoms with Crippen LogP contribution in [-0.4, -0.2) is 55.1 Å². The molecule has 1 aromatic carbocycles. The molecule has 0 unspecified atom stereocenters. The summed E-state index contributed by atoms with van der Waals surface area (Å²) in [5, 5.41) is 2.96. The molecule has 0 spiro atoms. The van der Waals surface area contributed by atoms with E-state index >= 15 is 0 Å². The summed E-state index contributed by atoms with van der Waals surface area (Å²) in [6.07, 6.45) is 1.47. The molecule has 164 valence electrons. The van der Waals surface area contributed by atoms with Gasteiger partial charge in [-0.3, -0.25) is 9.52 Å². The van der Waals surface area contributed by atoms with Crippen LogP contribution in [0.2, 0.25) is 5.02 Å². The first-order valence-corrected chi connectivity index (χ1v) is 12.3. The molecule has 1 aliphatic heterocycles. The van der Waals surface area contributed by atoms with E-state index in [2.05, 4.69) is 9.71 Å². The Morgan fingerprint density at radius 3 is 2.74 bits per heavy atom. The molecule has 4 rings (SSSR count). The molecule has 0 radical (unpaired) electrons. The number of rotatable bonds is 6. The maximum atomic E-state index is 13.0. The van der Waals surface area contributed by atoms with Crippen molar-refractivity contribution in [3.63, 3.8) is 0 Å². The number of amides is 1. The molecule has 2 aromatic heterocycles. The van der Waals surface area contributed by atoms with Gasteiger partial charge in [0.05, 0.1) is 24.6 Å². The summed E-state index contributed by atoms with van der Waals surface area (Å²) in [6, 6.07) is 8.01. The number of ether oxygens (including phenoxy) is 1. The van der Waals surface area contributed by atoms with Crippen molar-refractivity contribution in [3.8, 4) is 10.7 Å². The fraction of sp³-hybridized carbons (Fsp3) is 0.300. The molecule has 3 aromatic rings. The number of thiazole rings is 1. The van der Waals surface area contributed by atoms with Crippen LogP contribution in [0, 0.1) is 6.92 Å². The minimum Gasteiger partial charge on any atom is -0.378 e. The summed E-state index contributed by atoms with van der Waals surface area (Å²) in [7, 11) is -3.89. The fourth-order valence-electron chi connectivity index (χ4n) is 3.24. The van der Waals surface area contributed by atoms with Gasteiger partial charge in [-0.1, -0.05) is 17.7 Å². The van der Waals surface area contributed by atoms with Gasteiger partial charge in [-0.15, -0.1) is 11.3 Å². The first-order valence-electron chi connectivity index (χ1n) is 9.58. The fourth-order valence-corrected chi connectivity index (χ4v) is 5.34. The lowest BCUT2D eigenvalue weighted by atomic mass is 10.3. The maximum absolute atomic E-state index is 13.0. The first-order chi connectivity index (χ1) is 14.8. The number of hydrogen-bond acceptors (Lipinski definition) is 6. The van der Waals surface area contributed by atoms with Crippen molar-refractivity contribution >= 4 is 44.6 Å². The molecular formula is C20H21ClN4O4S2. The summed E-state index contributed by atoms with van der Waals surface area (Å²) in [6.45, 7) is 3.92. The van der Waals surface area contributed by atoms with Gasteiger partial charge in [-0.2, -0.15) is 0 Å². The normalized spacial score (nSPS) is 14.6. The summed E-state index contributed by atoms with van der Waals surface area (Å²) in [5.74, 6) is -0.0971. The summed E-state index contributed by atoms with van der Waals surface area (Å²) < 4.78 is 35.5. The van der Waals surface area contributed by atoms with Crippen LogP contribution in [0.15, 0.2) is 46.8 Å². The van der Waals surface area contributed by atoms with Gasteiger partial charge in [-0.25, -0.2) is 13.4 Å². The van der Waals surface area contributed by atoms with E-state index in [-0.39, 0.29) is 17.3 Å². The molecule has 1 fully saturated rings. The van der Waals surface area contributed by atoms with Gasteiger partial charge in [-0.05, 0) is 31.2 Å². The van der Waals surface area contributed by atoms with Gasteiger partial charge in [0.25, 0.3) is 10.0 Å². The number of nitrogens with zero attached hydrogens (tertiary/aromatic N) is 3. The predicted octanol–water partition coefficient (Wildman–Crippen LogP) is 3.23. The number of sulfonamides is 1. The van der Waals surface area contributed by atoms with Crippen molar-refractivity contribution in [1.82, 2.24) is 14.5 Å². The van der Waals surface area contributed by atoms with E-state index in [9.17, 15) is 13.2 Å². The van der Waals surface area contributed by atoms with Crippen LogP contribution in [0.5, 0.6) is 0 Å². The second kappa shape index (κ2) is 8.99. The Hall–Kier alpha value is -2.40. The quantitative estimate of drug-likeness (QED) is 0.584. The van der Waals surface area contributed by atoms with Crippen LogP contribution in [0.3, 0.4) is 0 Å². The standard InChI is InChI=1S/C20H21ClN4O4S2/c1-14-13-30-20(22-14)18-10-17(31(27,28)23-16-4-2-3-15(21)9-16)11-25(18)12-19(26)24-5-7-29-8-6-24/h2-4,9-11,13,23H,5-8,12H2,1H3. The Morgan fingerprint density at radius 1 is 1.29 bits per heavy atom. The smallest absolute Gasteiger partial charge is 0.263 e. The van der Waals surface area contributed by atoms with Gasteiger partial charge in [0.15, 0.2) is 0 Å². The number of hydrogen-bond donors (Lipinski definition) is 1. The highest BCUT2D eigenvalue weighted by atomic mass is 35.5. The average molecular weight is 481 g/mol. The molecular weight excluding hydrogens is 460 g/mol. The van der Waals surface area contributed by atoms with Gasteiger partial charge < -0.3 is 14.2 Å². The van der Waals surface area contributed by atoms with E-state index in [0.29, 0.717) is 47.7 Å². The number of carbonyl (C=O) groups is 1. The SMILES string of the molecule is Cc1csc(-c2cc(S(=O)(=O)Nc3cccc(Cl)c3)cn2CC(=O)N2CCOCC2)n1. The molecule has 8 nitrogen and oxygen atoms in total. The Kier molecular flexibility index (Phi) is 6.33. The number of halogens is 1. The Labute approximate surface area is 189 Å². The van der Waals surface area contributed by atoms with Crippen molar-refractivity contribution in [2.75, 3.05) is 31.0 Å². The largest absolute Gasteiger partial charge is 0.378 e. The van der Waals surface area contributed by atoms with Crippen molar-refractivity contribution < 1.29 is 17.9 Å². The van der Waals surface area contributed by atoms with Crippen molar-refractivity contribution in [3.05, 3.63) is 52.6 Å². The molecule has 0 aliphatic carbocycles. The van der Waals surface area contributed by atoms with Crippen LogP contribution in [0.25, 0.3) is 10.7 Å². The van der Waals surface area contributed by atoms with Crippen LogP contribution in [0.1, 0.15) is 5.69 Å². The lowest BCUT2D eigenvalue weighted by molar-refractivity contribution is -0.135. The third-order valence-electron chi connectivity index (χ3n) is 4.77. The predicted molar refractivity (Wildman–Crippen MR) is 120 cm³/mol. The zero-order chi connectivity index (χ0) is 22.0. The number of nitrogens with one attached hydrogen (secondary N) is 1. The molecule has 1 amide bonds. The highest BCUT2D eigenvalue weighted by Gasteiger charge is 2.24. The molecule has 0 atom stereocenters. The van der Waals surface area contributed by atoms with E-state index in [1.165, 1.54) is 29.7 Å². The third-order valence-corrected chi connectivity index (χ3v) is 7.33. The molecule has 0 bridgehead atoms. The van der Waals surface area contributed by atoms with Gasteiger partial charge >= 0.3 is 0 Å². The zero-order valence-corrected chi connectivity index (χ0v) is 19.1. The zero-order valence-electron chi connectivity index (χ0n) is 16.7. The van der Waals surface area contributed by atoms with Crippen LogP contribution < -0.4 is 4.72 Å². The van der Waals surface area contributed by atoms with Crippen molar-refractivity contribution in [1.29, 1.82) is 0 Å². The number of anilines is 1. The second-order valence-electron chi connectivity index (χ2n) is 7.09. The van der Waals surface area contributed by atoms with E-state index < -0.39 is 10.0 Å². The van der Waals surface area contributed by atoms with Crippen LogP contribution in [-0.2, 0) is 26.1 Å². The maximum Gasteiger partial charge on any atom is 0.263 e. The Morgan fingerprint density at radius 2 is 2.06 bits per heavy atom. The van der Waals surface area contributed by atoms with E-state index in [1.807, 2.05) is 12.3 Å². The Balaban J connectivity index is 1.66. The number of morpholine rings is 1. The second-order valence-corrected chi connectivity index (χ2v) is 10.1. The van der Waals surface area contributed by atoms with Crippen molar-refractivity contribution in [2.24, 2.45) is 0 Å². The topological polar surface area (TPSA) is 93.5 Å². The molecule has 11 heteroatoms. The lowest BCUT2D eigenvalue weighted by Crippen LogP contribution is -2.42. The average Bonchev–Trinajstić information content (AvgIpc) is 3.35. The van der Waals surface area contributed by atoms with E-state index in [4.69, 9.17) is 16.3 Å². The van der Waals surface area contributed by atoms with Gasteiger partial charge in [0, 0.05) is 35.4 Å². The summed E-state index contributed by atoms with van der Waals surface area (Å²) >= 11 is 7.37. The molecule has 1 N–H and O–H groups in total. The summed E-state index contributed by atoms with van der Waals surface area (Å²) in [4.78, 5) is 19.0. The Bertz CT molecular complexity index is 1200. The molecule has 31 heavy (non-hydrogen) atoms. The molecule has 0 saturated carbocycles. The van der Waals surface area contributed by atoms with Gasteiger partial charge in [0.2, 0.25) is 5.91 Å². The van der Waals surface area contributed by atoms with E-state index in [1.54, 1.807) is 27.7 Å². The van der Waals surface area contributed by atoms with Crippen LogP contribution >= 0.6 is 22.9 Å². The number of aromatic nitrogens is 2. The number of benzene rings is 1. The number of carbonyl (C=O) groups excluding carboxylic acids is 1.